The molecule has 1 fully saturated rings. The maximum Gasteiger partial charge on any atom is 0.329 e. The van der Waals surface area contributed by atoms with E-state index in [-0.39, 0.29) is 30.2 Å². The van der Waals surface area contributed by atoms with Gasteiger partial charge in [0.25, 0.3) is 0 Å². The molecular weight excluding hydrogens is 292 g/mol. The second kappa shape index (κ2) is 6.58. The van der Waals surface area contributed by atoms with Gasteiger partial charge in [0.15, 0.2) is 0 Å². The van der Waals surface area contributed by atoms with Crippen molar-refractivity contribution >= 4 is 16.9 Å². The number of aromatic nitrogens is 2. The molecule has 1 saturated heterocycles. The number of rotatable bonds is 4. The predicted molar refractivity (Wildman–Crippen MR) is 90.5 cm³/mol. The van der Waals surface area contributed by atoms with Gasteiger partial charge in [-0.2, -0.15) is 0 Å². The molecular formula is C17H24N4O2. The van der Waals surface area contributed by atoms with E-state index in [4.69, 9.17) is 0 Å². The van der Waals surface area contributed by atoms with Crippen LogP contribution in [0.1, 0.15) is 26.7 Å². The minimum Gasteiger partial charge on any atom is -0.350 e. The van der Waals surface area contributed by atoms with Gasteiger partial charge in [0.2, 0.25) is 5.91 Å². The molecule has 2 atom stereocenters. The summed E-state index contributed by atoms with van der Waals surface area (Å²) in [6.07, 6.45) is 2.04. The van der Waals surface area contributed by atoms with Crippen LogP contribution < -0.4 is 16.3 Å². The summed E-state index contributed by atoms with van der Waals surface area (Å²) in [5.41, 5.74) is 1.56. The Morgan fingerprint density at radius 1 is 1.30 bits per heavy atom. The quantitative estimate of drug-likeness (QED) is 0.887. The Morgan fingerprint density at radius 2 is 2.00 bits per heavy atom. The summed E-state index contributed by atoms with van der Waals surface area (Å²) in [6.45, 7) is 5.68. The second-order valence-electron chi connectivity index (χ2n) is 6.16. The molecule has 2 aromatic rings. The fraction of sp³-hybridized carbons (Fsp3) is 0.529. The molecule has 1 amide bonds. The molecule has 3 rings (SSSR count). The molecule has 1 aliphatic rings. The molecule has 0 spiro atoms. The third kappa shape index (κ3) is 3.03. The van der Waals surface area contributed by atoms with E-state index in [0.29, 0.717) is 6.54 Å². The number of hydrogen-bond acceptors (Lipinski definition) is 3. The molecule has 1 aromatic heterocycles. The zero-order valence-corrected chi connectivity index (χ0v) is 13.7. The Labute approximate surface area is 135 Å². The molecule has 6 heteroatoms. The van der Waals surface area contributed by atoms with Crippen LogP contribution >= 0.6 is 0 Å². The lowest BCUT2D eigenvalue weighted by Gasteiger charge is -2.30. The third-order valence-electron chi connectivity index (χ3n) is 4.65. The molecule has 2 unspecified atom stereocenters. The molecule has 0 saturated carbocycles. The fourth-order valence-electron chi connectivity index (χ4n) is 3.37. The van der Waals surface area contributed by atoms with Crippen LogP contribution in [0.2, 0.25) is 0 Å². The predicted octanol–water partition coefficient (Wildman–Crippen LogP) is 1.08. The summed E-state index contributed by atoms with van der Waals surface area (Å²) >= 11 is 0. The van der Waals surface area contributed by atoms with Crippen molar-refractivity contribution in [3.63, 3.8) is 0 Å². The lowest BCUT2D eigenvalue weighted by Crippen LogP contribution is -2.52. The first-order valence-corrected chi connectivity index (χ1v) is 8.32. The van der Waals surface area contributed by atoms with Crippen LogP contribution in [0.25, 0.3) is 11.0 Å². The van der Waals surface area contributed by atoms with E-state index >= 15 is 0 Å². The maximum atomic E-state index is 12.5. The van der Waals surface area contributed by atoms with Crippen molar-refractivity contribution in [1.82, 2.24) is 19.8 Å². The van der Waals surface area contributed by atoms with E-state index in [1.807, 2.05) is 31.2 Å². The van der Waals surface area contributed by atoms with Crippen LogP contribution in [0, 0.1) is 0 Å². The first kappa shape index (κ1) is 15.8. The smallest absolute Gasteiger partial charge is 0.329 e. The van der Waals surface area contributed by atoms with Crippen molar-refractivity contribution < 1.29 is 4.79 Å². The molecule has 2 heterocycles. The minimum atomic E-state index is -0.126. The van der Waals surface area contributed by atoms with Crippen LogP contribution in [0.3, 0.4) is 0 Å². The van der Waals surface area contributed by atoms with Gasteiger partial charge < -0.3 is 10.6 Å². The molecule has 1 aromatic carbocycles. The molecule has 0 bridgehead atoms. The average molecular weight is 316 g/mol. The van der Waals surface area contributed by atoms with Gasteiger partial charge in [0, 0.05) is 18.6 Å². The van der Waals surface area contributed by atoms with Gasteiger partial charge in [0.1, 0.15) is 6.54 Å². The van der Waals surface area contributed by atoms with Gasteiger partial charge in [-0.05, 0) is 45.4 Å². The van der Waals surface area contributed by atoms with Crippen molar-refractivity contribution in [2.24, 2.45) is 0 Å². The van der Waals surface area contributed by atoms with Crippen molar-refractivity contribution in [3.05, 3.63) is 34.7 Å². The summed E-state index contributed by atoms with van der Waals surface area (Å²) in [6, 6.07) is 8.01. The highest BCUT2D eigenvalue weighted by atomic mass is 16.2. The third-order valence-corrected chi connectivity index (χ3v) is 4.65. The minimum absolute atomic E-state index is 0.0650. The van der Waals surface area contributed by atoms with Crippen molar-refractivity contribution in [3.8, 4) is 0 Å². The zero-order chi connectivity index (χ0) is 16.4. The lowest BCUT2D eigenvalue weighted by atomic mass is 10.00. The van der Waals surface area contributed by atoms with E-state index in [2.05, 4.69) is 17.6 Å². The maximum absolute atomic E-state index is 12.5. The van der Waals surface area contributed by atoms with Gasteiger partial charge in [-0.1, -0.05) is 12.1 Å². The number of benzene rings is 1. The first-order chi connectivity index (χ1) is 11.1. The summed E-state index contributed by atoms with van der Waals surface area (Å²) < 4.78 is 3.27. The SMILES string of the molecule is CCn1c(=O)n(CC(=O)NC2CCCNC2C)c2ccccc21. The molecule has 0 aliphatic carbocycles. The van der Waals surface area contributed by atoms with E-state index in [1.54, 1.807) is 9.13 Å². The van der Waals surface area contributed by atoms with E-state index in [9.17, 15) is 9.59 Å². The van der Waals surface area contributed by atoms with Crippen LogP contribution in [0.4, 0.5) is 0 Å². The van der Waals surface area contributed by atoms with Crippen LogP contribution in [-0.4, -0.2) is 33.7 Å². The second-order valence-corrected chi connectivity index (χ2v) is 6.16. The van der Waals surface area contributed by atoms with Gasteiger partial charge in [0.05, 0.1) is 11.0 Å². The topological polar surface area (TPSA) is 68.1 Å². The van der Waals surface area contributed by atoms with Crippen LogP contribution in [-0.2, 0) is 17.9 Å². The highest BCUT2D eigenvalue weighted by Gasteiger charge is 2.23. The number of fused-ring (bicyclic) bond motifs is 1. The number of nitrogens with one attached hydrogen (secondary N) is 2. The van der Waals surface area contributed by atoms with Crippen LogP contribution in [0.15, 0.2) is 29.1 Å². The Morgan fingerprint density at radius 3 is 2.65 bits per heavy atom. The largest absolute Gasteiger partial charge is 0.350 e. The Bertz CT molecular complexity index is 762. The highest BCUT2D eigenvalue weighted by Crippen LogP contribution is 2.13. The summed E-state index contributed by atoms with van der Waals surface area (Å²) in [7, 11) is 0. The summed E-state index contributed by atoms with van der Waals surface area (Å²) in [4.78, 5) is 25.0. The molecule has 0 radical (unpaired) electrons. The monoisotopic (exact) mass is 316 g/mol. The average Bonchev–Trinajstić information content (AvgIpc) is 2.81. The highest BCUT2D eigenvalue weighted by molar-refractivity contribution is 5.81. The summed E-state index contributed by atoms with van der Waals surface area (Å²) in [5, 5.41) is 6.43. The van der Waals surface area contributed by atoms with Crippen molar-refractivity contribution in [2.75, 3.05) is 6.54 Å². The molecule has 124 valence electrons. The van der Waals surface area contributed by atoms with Gasteiger partial charge in [-0.25, -0.2) is 4.79 Å². The number of carbonyl (C=O) groups excluding carboxylic acids is 1. The van der Waals surface area contributed by atoms with Gasteiger partial charge in [-0.15, -0.1) is 0 Å². The molecule has 6 nitrogen and oxygen atoms in total. The van der Waals surface area contributed by atoms with Crippen molar-refractivity contribution in [1.29, 1.82) is 0 Å². The van der Waals surface area contributed by atoms with E-state index in [0.717, 1.165) is 30.4 Å². The fourth-order valence-corrected chi connectivity index (χ4v) is 3.37. The Balaban J connectivity index is 1.82. The normalized spacial score (nSPS) is 21.5. The van der Waals surface area contributed by atoms with E-state index < -0.39 is 0 Å². The number of carbonyl (C=O) groups is 1. The first-order valence-electron chi connectivity index (χ1n) is 8.32. The Kier molecular flexibility index (Phi) is 4.52. The number of piperidine rings is 1. The van der Waals surface area contributed by atoms with Crippen LogP contribution in [0.5, 0.6) is 0 Å². The van der Waals surface area contributed by atoms with Gasteiger partial charge >= 0.3 is 5.69 Å². The molecule has 1 aliphatic heterocycles. The van der Waals surface area contributed by atoms with Crippen molar-refractivity contribution in [2.45, 2.75) is 51.9 Å². The molecule has 2 N–H and O–H groups in total. The van der Waals surface area contributed by atoms with E-state index in [1.165, 1.54) is 0 Å². The number of aryl methyl sites for hydroxylation is 1. The zero-order valence-electron chi connectivity index (χ0n) is 13.7. The standard InChI is InChI=1S/C17H24N4O2/c1-3-20-14-8-4-5-9-15(14)21(17(20)23)11-16(22)19-13-7-6-10-18-12(13)2/h4-5,8-9,12-13,18H,3,6-7,10-11H2,1-2H3,(H,19,22). The Hall–Kier alpha value is -2.08. The molecule has 23 heavy (non-hydrogen) atoms. The number of para-hydroxylation sites is 2. The summed E-state index contributed by atoms with van der Waals surface area (Å²) in [5.74, 6) is -0.105. The number of hydrogen-bond donors (Lipinski definition) is 2. The number of imidazole rings is 1. The van der Waals surface area contributed by atoms with Gasteiger partial charge in [-0.3, -0.25) is 13.9 Å². The lowest BCUT2D eigenvalue weighted by molar-refractivity contribution is -0.122. The number of amides is 1. The number of nitrogens with zero attached hydrogens (tertiary/aromatic N) is 2.